The highest BCUT2D eigenvalue weighted by Gasteiger charge is 2.30. The number of morpholine rings is 1. The second-order valence-electron chi connectivity index (χ2n) is 8.09. The van der Waals surface area contributed by atoms with Gasteiger partial charge in [-0.25, -0.2) is 13.2 Å². The van der Waals surface area contributed by atoms with Crippen molar-refractivity contribution < 1.29 is 27.5 Å². The fraction of sp³-hybridized carbons (Fsp3) is 0.619. The van der Waals surface area contributed by atoms with E-state index in [9.17, 15) is 18.0 Å². The molecule has 1 aromatic rings. The molecular weight excluding hydrogens is 488 g/mol. The Kier molecular flexibility index (Phi) is 8.12. The molecule has 1 aliphatic heterocycles. The van der Waals surface area contributed by atoms with E-state index in [1.54, 1.807) is 0 Å². The van der Waals surface area contributed by atoms with Crippen LogP contribution in [0.2, 0.25) is 0 Å². The van der Waals surface area contributed by atoms with Crippen LogP contribution >= 0.6 is 15.9 Å². The fourth-order valence-corrected chi connectivity index (χ4v) is 6.23. The third-order valence-corrected chi connectivity index (χ3v) is 8.74. The van der Waals surface area contributed by atoms with Crippen LogP contribution in [-0.2, 0) is 24.3 Å². The van der Waals surface area contributed by atoms with Crippen molar-refractivity contribution in [1.29, 1.82) is 0 Å². The molecule has 3 rings (SSSR count). The second kappa shape index (κ2) is 10.4. The topological polar surface area (TPSA) is 102 Å². The first-order chi connectivity index (χ1) is 14.7. The minimum atomic E-state index is -3.80. The number of sulfonamides is 1. The van der Waals surface area contributed by atoms with Gasteiger partial charge in [-0.3, -0.25) is 4.79 Å². The maximum Gasteiger partial charge on any atom is 0.338 e. The van der Waals surface area contributed by atoms with Crippen molar-refractivity contribution in [3.63, 3.8) is 0 Å². The number of hydrogen-bond acceptors (Lipinski definition) is 6. The number of nitrogens with one attached hydrogen (secondary N) is 1. The van der Waals surface area contributed by atoms with Crippen molar-refractivity contribution in [2.75, 3.05) is 26.3 Å². The van der Waals surface area contributed by atoms with E-state index in [4.69, 9.17) is 9.47 Å². The molecule has 1 saturated heterocycles. The summed E-state index contributed by atoms with van der Waals surface area (Å²) < 4.78 is 38.2. The van der Waals surface area contributed by atoms with Crippen LogP contribution in [0.1, 0.15) is 49.9 Å². The van der Waals surface area contributed by atoms with E-state index in [0.717, 1.165) is 25.7 Å². The third kappa shape index (κ3) is 5.85. The number of benzene rings is 1. The van der Waals surface area contributed by atoms with Crippen LogP contribution in [0.15, 0.2) is 27.6 Å². The van der Waals surface area contributed by atoms with Gasteiger partial charge >= 0.3 is 5.97 Å². The number of rotatable bonds is 6. The van der Waals surface area contributed by atoms with Crippen molar-refractivity contribution in [2.24, 2.45) is 5.92 Å². The standard InChI is InChI=1S/C21H29BrN2O6S/c1-14-5-3-4-6-18(14)23-20(25)15(2)30-21(26)16-7-8-17(22)19(13-16)31(27,28)24-9-11-29-12-10-24/h7-8,13-15,18H,3-6,9-12H2,1-2H3,(H,23,25)/t14-,15-,18+/m1/s1. The average molecular weight is 517 g/mol. The summed E-state index contributed by atoms with van der Waals surface area (Å²) in [4.78, 5) is 25.1. The average Bonchev–Trinajstić information content (AvgIpc) is 2.76. The summed E-state index contributed by atoms with van der Waals surface area (Å²) >= 11 is 3.26. The van der Waals surface area contributed by atoms with Gasteiger partial charge in [-0.2, -0.15) is 4.31 Å². The minimum absolute atomic E-state index is 0.0167. The molecule has 0 radical (unpaired) electrons. The number of esters is 1. The Balaban J connectivity index is 1.68. The molecule has 10 heteroatoms. The number of nitrogens with zero attached hydrogens (tertiary/aromatic N) is 1. The summed E-state index contributed by atoms with van der Waals surface area (Å²) in [7, 11) is -3.80. The van der Waals surface area contributed by atoms with Gasteiger partial charge in [0, 0.05) is 23.6 Å². The van der Waals surface area contributed by atoms with Crippen molar-refractivity contribution >= 4 is 37.8 Å². The van der Waals surface area contributed by atoms with Crippen LogP contribution in [0.25, 0.3) is 0 Å². The Morgan fingerprint density at radius 1 is 1.23 bits per heavy atom. The summed E-state index contributed by atoms with van der Waals surface area (Å²) in [6, 6.07) is 4.34. The van der Waals surface area contributed by atoms with Crippen LogP contribution in [0.3, 0.4) is 0 Å². The summed E-state index contributed by atoms with van der Waals surface area (Å²) in [6.07, 6.45) is 3.24. The van der Waals surface area contributed by atoms with Crippen molar-refractivity contribution in [3.8, 4) is 0 Å². The predicted molar refractivity (Wildman–Crippen MR) is 118 cm³/mol. The maximum absolute atomic E-state index is 13.0. The number of carbonyl (C=O) groups excluding carboxylic acids is 2. The summed E-state index contributed by atoms with van der Waals surface area (Å²) in [5, 5.41) is 2.97. The molecule has 1 N–H and O–H groups in total. The van der Waals surface area contributed by atoms with Gasteiger partial charge in [-0.05, 0) is 59.8 Å². The first kappa shape index (κ1) is 24.2. The molecule has 0 unspecified atom stereocenters. The quantitative estimate of drug-likeness (QED) is 0.583. The Hall–Kier alpha value is -1.49. The van der Waals surface area contributed by atoms with E-state index >= 15 is 0 Å². The number of ether oxygens (including phenoxy) is 2. The lowest BCUT2D eigenvalue weighted by molar-refractivity contribution is -0.130. The van der Waals surface area contributed by atoms with Crippen LogP contribution in [-0.4, -0.2) is 63.0 Å². The molecule has 1 aliphatic carbocycles. The Labute approximate surface area is 191 Å². The van der Waals surface area contributed by atoms with Gasteiger partial charge in [0.05, 0.1) is 23.7 Å². The summed E-state index contributed by atoms with van der Waals surface area (Å²) in [5.74, 6) is -0.698. The van der Waals surface area contributed by atoms with Gasteiger partial charge in [0.25, 0.3) is 5.91 Å². The number of amides is 1. The molecule has 0 aromatic heterocycles. The molecule has 0 spiro atoms. The molecular formula is C21H29BrN2O6S. The van der Waals surface area contributed by atoms with E-state index in [1.807, 2.05) is 0 Å². The Bertz CT molecular complexity index is 916. The summed E-state index contributed by atoms with van der Waals surface area (Å²) in [6.45, 7) is 4.78. The van der Waals surface area contributed by atoms with E-state index in [-0.39, 0.29) is 35.5 Å². The van der Waals surface area contributed by atoms with Gasteiger partial charge in [0.1, 0.15) is 0 Å². The van der Waals surface area contributed by atoms with Gasteiger partial charge in [-0.1, -0.05) is 19.8 Å². The van der Waals surface area contributed by atoms with E-state index in [2.05, 4.69) is 28.2 Å². The van der Waals surface area contributed by atoms with Gasteiger partial charge in [0.2, 0.25) is 10.0 Å². The molecule has 8 nitrogen and oxygen atoms in total. The highest BCUT2D eigenvalue weighted by Crippen LogP contribution is 2.27. The smallest absolute Gasteiger partial charge is 0.338 e. The minimum Gasteiger partial charge on any atom is -0.449 e. The molecule has 1 saturated carbocycles. The summed E-state index contributed by atoms with van der Waals surface area (Å²) in [5.41, 5.74) is 0.0701. The maximum atomic E-state index is 13.0. The molecule has 2 aliphatic rings. The van der Waals surface area contributed by atoms with Crippen molar-refractivity contribution in [3.05, 3.63) is 28.2 Å². The van der Waals surface area contributed by atoms with Crippen molar-refractivity contribution in [2.45, 2.75) is 56.6 Å². The first-order valence-corrected chi connectivity index (χ1v) is 12.8. The second-order valence-corrected chi connectivity index (χ2v) is 10.8. The zero-order valence-corrected chi connectivity index (χ0v) is 20.2. The monoisotopic (exact) mass is 516 g/mol. The third-order valence-electron chi connectivity index (χ3n) is 5.85. The molecule has 172 valence electrons. The zero-order chi connectivity index (χ0) is 22.6. The van der Waals surface area contributed by atoms with E-state index in [1.165, 1.54) is 29.4 Å². The molecule has 2 fully saturated rings. The zero-order valence-electron chi connectivity index (χ0n) is 17.8. The lowest BCUT2D eigenvalue weighted by Gasteiger charge is -2.30. The fourth-order valence-electron chi connectivity index (χ4n) is 3.87. The first-order valence-electron chi connectivity index (χ1n) is 10.6. The van der Waals surface area contributed by atoms with Crippen LogP contribution in [0.5, 0.6) is 0 Å². The number of halogens is 1. The highest BCUT2D eigenvalue weighted by molar-refractivity contribution is 9.10. The SMILES string of the molecule is C[C@@H]1CCCC[C@@H]1NC(=O)[C@@H](C)OC(=O)c1ccc(Br)c(S(=O)(=O)N2CCOCC2)c1. The number of hydrogen-bond donors (Lipinski definition) is 1. The lowest BCUT2D eigenvalue weighted by atomic mass is 9.86. The molecule has 0 bridgehead atoms. The molecule has 31 heavy (non-hydrogen) atoms. The Morgan fingerprint density at radius 2 is 1.90 bits per heavy atom. The van der Waals surface area contributed by atoms with Gasteiger partial charge in [0.15, 0.2) is 6.10 Å². The van der Waals surface area contributed by atoms with Gasteiger partial charge in [-0.15, -0.1) is 0 Å². The van der Waals surface area contributed by atoms with E-state index in [0.29, 0.717) is 23.6 Å². The van der Waals surface area contributed by atoms with Gasteiger partial charge < -0.3 is 14.8 Å². The Morgan fingerprint density at radius 3 is 2.58 bits per heavy atom. The van der Waals surface area contributed by atoms with Crippen LogP contribution < -0.4 is 5.32 Å². The predicted octanol–water partition coefficient (Wildman–Crippen LogP) is 2.71. The largest absolute Gasteiger partial charge is 0.449 e. The van der Waals surface area contributed by atoms with E-state index < -0.39 is 22.1 Å². The van der Waals surface area contributed by atoms with Crippen LogP contribution in [0.4, 0.5) is 0 Å². The lowest BCUT2D eigenvalue weighted by Crippen LogP contribution is -2.46. The van der Waals surface area contributed by atoms with Crippen molar-refractivity contribution in [1.82, 2.24) is 9.62 Å². The molecule has 1 aromatic carbocycles. The molecule has 1 heterocycles. The molecule has 3 atom stereocenters. The normalized spacial score (nSPS) is 23.7. The highest BCUT2D eigenvalue weighted by atomic mass is 79.9. The molecule has 1 amide bonds. The van der Waals surface area contributed by atoms with Crippen LogP contribution in [0, 0.1) is 5.92 Å². The number of carbonyl (C=O) groups is 2.